The van der Waals surface area contributed by atoms with E-state index < -0.39 is 0 Å². The quantitative estimate of drug-likeness (QED) is 0.722. The molecule has 3 aromatic heterocycles. The van der Waals surface area contributed by atoms with Crippen molar-refractivity contribution < 1.29 is 9.53 Å². The maximum absolute atomic E-state index is 13.3. The summed E-state index contributed by atoms with van der Waals surface area (Å²) in [5.41, 5.74) is 3.07. The van der Waals surface area contributed by atoms with E-state index in [0.29, 0.717) is 22.9 Å². The summed E-state index contributed by atoms with van der Waals surface area (Å²) < 4.78 is 7.49. The molecule has 1 saturated heterocycles. The Kier molecular flexibility index (Phi) is 4.54. The van der Waals surface area contributed by atoms with Gasteiger partial charge in [-0.3, -0.25) is 4.79 Å². The Bertz CT molecular complexity index is 1050. The van der Waals surface area contributed by atoms with Gasteiger partial charge in [0.25, 0.3) is 5.91 Å². The van der Waals surface area contributed by atoms with Crippen molar-refractivity contribution in [3.8, 4) is 5.82 Å². The number of hydrogen-bond acceptors (Lipinski definition) is 5. The predicted octanol–water partition coefficient (Wildman–Crippen LogP) is 3.30. The average molecular weight is 391 g/mol. The van der Waals surface area contributed by atoms with Crippen LogP contribution < -0.4 is 5.32 Å². The number of rotatable bonds is 5. The number of hydrogen-bond donors (Lipinski definition) is 1. The zero-order chi connectivity index (χ0) is 20.0. The SMILES string of the molecule is Cc1nn(-c2ccccn2)c2nc(C3CC3)cc(C(=O)NC(C)C3CCCO3)c12. The molecule has 2 unspecified atom stereocenters. The predicted molar refractivity (Wildman–Crippen MR) is 109 cm³/mol. The molecule has 1 aliphatic heterocycles. The van der Waals surface area contributed by atoms with E-state index in [1.54, 1.807) is 10.9 Å². The highest BCUT2D eigenvalue weighted by molar-refractivity contribution is 6.07. The first-order valence-corrected chi connectivity index (χ1v) is 10.4. The van der Waals surface area contributed by atoms with Gasteiger partial charge in [0, 0.05) is 24.4 Å². The molecule has 29 heavy (non-hydrogen) atoms. The van der Waals surface area contributed by atoms with E-state index in [1.165, 1.54) is 0 Å². The topological polar surface area (TPSA) is 81.9 Å². The highest BCUT2D eigenvalue weighted by atomic mass is 16.5. The molecule has 7 nitrogen and oxygen atoms in total. The lowest BCUT2D eigenvalue weighted by Crippen LogP contribution is -2.41. The number of carbonyl (C=O) groups excluding carboxylic acids is 1. The van der Waals surface area contributed by atoms with Crippen molar-refractivity contribution >= 4 is 16.9 Å². The summed E-state index contributed by atoms with van der Waals surface area (Å²) in [5.74, 6) is 1.03. The van der Waals surface area contributed by atoms with Crippen molar-refractivity contribution in [2.24, 2.45) is 0 Å². The lowest BCUT2D eigenvalue weighted by atomic mass is 10.1. The molecular formula is C22H25N5O2. The smallest absolute Gasteiger partial charge is 0.252 e. The fourth-order valence-electron chi connectivity index (χ4n) is 4.09. The Morgan fingerprint density at radius 1 is 1.31 bits per heavy atom. The molecular weight excluding hydrogens is 366 g/mol. The molecule has 1 aliphatic carbocycles. The van der Waals surface area contributed by atoms with Gasteiger partial charge in [0.2, 0.25) is 0 Å². The van der Waals surface area contributed by atoms with Gasteiger partial charge in [0.05, 0.1) is 28.8 Å². The molecule has 150 valence electrons. The van der Waals surface area contributed by atoms with Crippen molar-refractivity contribution in [2.45, 2.75) is 57.6 Å². The van der Waals surface area contributed by atoms with E-state index in [0.717, 1.165) is 49.1 Å². The minimum atomic E-state index is -0.0917. The minimum absolute atomic E-state index is 0.0382. The van der Waals surface area contributed by atoms with Crippen LogP contribution in [-0.4, -0.2) is 44.4 Å². The first-order valence-electron chi connectivity index (χ1n) is 10.4. The molecule has 0 bridgehead atoms. The van der Waals surface area contributed by atoms with Crippen molar-refractivity contribution in [3.05, 3.63) is 47.4 Å². The fraction of sp³-hybridized carbons (Fsp3) is 0.455. The summed E-state index contributed by atoms with van der Waals surface area (Å²) >= 11 is 0. The summed E-state index contributed by atoms with van der Waals surface area (Å²) in [6.07, 6.45) is 6.07. The minimum Gasteiger partial charge on any atom is -0.376 e. The molecule has 2 fully saturated rings. The maximum Gasteiger partial charge on any atom is 0.252 e. The van der Waals surface area contributed by atoms with Gasteiger partial charge in [-0.2, -0.15) is 9.78 Å². The molecule has 1 N–H and O–H groups in total. The van der Waals surface area contributed by atoms with Crippen LogP contribution in [0, 0.1) is 6.92 Å². The van der Waals surface area contributed by atoms with E-state index in [2.05, 4.69) is 15.4 Å². The van der Waals surface area contributed by atoms with Crippen LogP contribution in [0.15, 0.2) is 30.5 Å². The van der Waals surface area contributed by atoms with Crippen molar-refractivity contribution in [3.63, 3.8) is 0 Å². The normalized spacial score (nSPS) is 20.1. The molecule has 0 radical (unpaired) electrons. The second kappa shape index (κ2) is 7.22. The summed E-state index contributed by atoms with van der Waals surface area (Å²) in [5, 5.41) is 8.61. The highest BCUT2D eigenvalue weighted by Gasteiger charge is 2.30. The Hall–Kier alpha value is -2.80. The van der Waals surface area contributed by atoms with E-state index >= 15 is 0 Å². The first kappa shape index (κ1) is 18.2. The molecule has 0 aromatic carbocycles. The van der Waals surface area contributed by atoms with Crippen LogP contribution in [0.4, 0.5) is 0 Å². The molecule has 5 rings (SSSR count). The summed E-state index contributed by atoms with van der Waals surface area (Å²) in [6.45, 7) is 4.70. The molecule has 2 aliphatic rings. The monoisotopic (exact) mass is 391 g/mol. The van der Waals surface area contributed by atoms with Gasteiger partial charge in [-0.15, -0.1) is 0 Å². The lowest BCUT2D eigenvalue weighted by Gasteiger charge is -2.20. The Labute approximate surface area is 169 Å². The Morgan fingerprint density at radius 2 is 2.17 bits per heavy atom. The lowest BCUT2D eigenvalue weighted by molar-refractivity contribution is 0.0713. The summed E-state index contributed by atoms with van der Waals surface area (Å²) in [6, 6.07) is 7.61. The molecule has 3 aromatic rings. The Balaban J connectivity index is 1.59. The summed E-state index contributed by atoms with van der Waals surface area (Å²) in [4.78, 5) is 22.6. The van der Waals surface area contributed by atoms with Crippen molar-refractivity contribution in [1.82, 2.24) is 25.1 Å². The summed E-state index contributed by atoms with van der Waals surface area (Å²) in [7, 11) is 0. The van der Waals surface area contributed by atoms with Gasteiger partial charge >= 0.3 is 0 Å². The second-order valence-electron chi connectivity index (χ2n) is 8.07. The fourth-order valence-corrected chi connectivity index (χ4v) is 4.09. The number of fused-ring (bicyclic) bond motifs is 1. The van der Waals surface area contributed by atoms with Crippen LogP contribution in [0.25, 0.3) is 16.9 Å². The highest BCUT2D eigenvalue weighted by Crippen LogP contribution is 2.40. The van der Waals surface area contributed by atoms with E-state index in [-0.39, 0.29) is 18.1 Å². The van der Waals surface area contributed by atoms with Gasteiger partial charge in [-0.25, -0.2) is 9.97 Å². The average Bonchev–Trinajstić information content (AvgIpc) is 3.33. The number of amides is 1. The van der Waals surface area contributed by atoms with Crippen LogP contribution in [0.3, 0.4) is 0 Å². The molecule has 0 spiro atoms. The van der Waals surface area contributed by atoms with Gasteiger partial charge < -0.3 is 10.1 Å². The first-order chi connectivity index (χ1) is 14.1. The largest absolute Gasteiger partial charge is 0.376 e. The van der Waals surface area contributed by atoms with Crippen LogP contribution in [0.1, 0.15) is 60.3 Å². The third-order valence-electron chi connectivity index (χ3n) is 5.82. The third-order valence-corrected chi connectivity index (χ3v) is 5.82. The van der Waals surface area contributed by atoms with E-state index in [1.807, 2.05) is 38.1 Å². The van der Waals surface area contributed by atoms with Crippen molar-refractivity contribution in [2.75, 3.05) is 6.61 Å². The third kappa shape index (κ3) is 3.40. The molecule has 1 amide bonds. The number of aromatic nitrogens is 4. The number of carbonyl (C=O) groups is 1. The van der Waals surface area contributed by atoms with Gasteiger partial charge in [-0.1, -0.05) is 6.07 Å². The van der Waals surface area contributed by atoms with E-state index in [9.17, 15) is 4.79 Å². The molecule has 4 heterocycles. The molecule has 2 atom stereocenters. The van der Waals surface area contributed by atoms with Crippen LogP contribution in [0.2, 0.25) is 0 Å². The number of nitrogens with one attached hydrogen (secondary N) is 1. The molecule has 7 heteroatoms. The zero-order valence-corrected chi connectivity index (χ0v) is 16.8. The maximum atomic E-state index is 13.3. The van der Waals surface area contributed by atoms with Crippen LogP contribution >= 0.6 is 0 Å². The Morgan fingerprint density at radius 3 is 2.86 bits per heavy atom. The van der Waals surface area contributed by atoms with Gasteiger partial charge in [0.1, 0.15) is 0 Å². The number of pyridine rings is 2. The van der Waals surface area contributed by atoms with Crippen molar-refractivity contribution in [1.29, 1.82) is 0 Å². The molecule has 1 saturated carbocycles. The second-order valence-corrected chi connectivity index (χ2v) is 8.07. The van der Waals surface area contributed by atoms with Crippen LogP contribution in [-0.2, 0) is 4.74 Å². The standard InChI is InChI=1S/C22H25N5O2/c1-13(18-6-5-11-29-18)24-22(28)16-12-17(15-8-9-15)25-21-20(16)14(2)26-27(21)19-7-3-4-10-23-19/h3-4,7,10,12-13,15,18H,5-6,8-9,11H2,1-2H3,(H,24,28). The number of nitrogens with zero attached hydrogens (tertiary/aromatic N) is 4. The van der Waals surface area contributed by atoms with Gasteiger partial charge in [-0.05, 0) is 57.7 Å². The van der Waals surface area contributed by atoms with E-state index in [4.69, 9.17) is 9.72 Å². The van der Waals surface area contributed by atoms with Gasteiger partial charge in [0.15, 0.2) is 11.5 Å². The van der Waals surface area contributed by atoms with Crippen LogP contribution in [0.5, 0.6) is 0 Å². The zero-order valence-electron chi connectivity index (χ0n) is 16.8. The number of aryl methyl sites for hydroxylation is 1. The number of ether oxygens (including phenoxy) is 1.